The van der Waals surface area contributed by atoms with Crippen molar-refractivity contribution in [1.29, 1.82) is 0 Å². The summed E-state index contributed by atoms with van der Waals surface area (Å²) in [5, 5.41) is 6.63. The Balaban J connectivity index is 2.47. The number of carbonyl (C=O) groups excluding carboxylic acids is 2. The van der Waals surface area contributed by atoms with Gasteiger partial charge in [-0.2, -0.15) is 10.1 Å². The van der Waals surface area contributed by atoms with E-state index in [1.807, 2.05) is 32.0 Å². The van der Waals surface area contributed by atoms with Crippen molar-refractivity contribution in [3.8, 4) is 0 Å². The Labute approximate surface area is 129 Å². The Morgan fingerprint density at radius 1 is 1.14 bits per heavy atom. The van der Waals surface area contributed by atoms with Gasteiger partial charge in [-0.05, 0) is 51.0 Å². The summed E-state index contributed by atoms with van der Waals surface area (Å²) in [4.78, 5) is 24.1. The highest BCUT2D eigenvalue weighted by Gasteiger charge is 2.32. The Hall–Kier alpha value is -2.47. The molecule has 2 N–H and O–H groups in total. The van der Waals surface area contributed by atoms with Gasteiger partial charge in [-0.15, -0.1) is 0 Å². The van der Waals surface area contributed by atoms with Crippen molar-refractivity contribution >= 4 is 23.2 Å². The zero-order valence-electron chi connectivity index (χ0n) is 13.5. The number of allylic oxidation sites excluding steroid dienone is 1. The van der Waals surface area contributed by atoms with Crippen molar-refractivity contribution in [1.82, 2.24) is 5.01 Å². The Kier molecular flexibility index (Phi) is 4.14. The molecule has 1 aromatic rings. The number of benzene rings is 1. The summed E-state index contributed by atoms with van der Waals surface area (Å²) < 4.78 is 0. The maximum atomic E-state index is 12.7. The average Bonchev–Trinajstić information content (AvgIpc) is 2.71. The summed E-state index contributed by atoms with van der Waals surface area (Å²) in [6.07, 6.45) is 0. The minimum absolute atomic E-state index is 0.281. The number of hydrazine groups is 1. The largest absolute Gasteiger partial charge is 0.282 e. The molecule has 2 amide bonds. The summed E-state index contributed by atoms with van der Waals surface area (Å²) in [6, 6.07) is 5.82. The SMILES string of the molecule is CC(=O)N(N)/C(C)=C1\C(=O)N(c2cc(C)cc(C)c2)N=C1C. The molecule has 1 aliphatic heterocycles. The number of hydrazone groups is 1. The zero-order chi connectivity index (χ0) is 16.6. The molecule has 0 saturated carbocycles. The number of amides is 2. The summed E-state index contributed by atoms with van der Waals surface area (Å²) in [7, 11) is 0. The molecule has 116 valence electrons. The quantitative estimate of drug-likeness (QED) is 0.393. The van der Waals surface area contributed by atoms with Gasteiger partial charge in [0.05, 0.1) is 17.0 Å². The number of hydrogen-bond donors (Lipinski definition) is 1. The maximum Gasteiger partial charge on any atom is 0.282 e. The van der Waals surface area contributed by atoms with E-state index >= 15 is 0 Å². The van der Waals surface area contributed by atoms with E-state index in [9.17, 15) is 9.59 Å². The number of anilines is 1. The number of nitrogens with zero attached hydrogens (tertiary/aromatic N) is 3. The third-order valence-corrected chi connectivity index (χ3v) is 3.53. The molecule has 22 heavy (non-hydrogen) atoms. The van der Waals surface area contributed by atoms with Crippen LogP contribution in [0.1, 0.15) is 31.9 Å². The standard InChI is InChI=1S/C16H20N4O2/c1-9-6-10(2)8-14(7-9)20-16(22)15(11(3)18-20)12(4)19(17)13(5)21/h6-8H,17H2,1-5H3/b15-12-. The fraction of sp³-hybridized carbons (Fsp3) is 0.312. The first-order valence-electron chi connectivity index (χ1n) is 6.97. The van der Waals surface area contributed by atoms with Crippen LogP contribution in [0.25, 0.3) is 0 Å². The second kappa shape index (κ2) is 5.73. The Morgan fingerprint density at radius 3 is 2.18 bits per heavy atom. The number of aryl methyl sites for hydroxylation is 2. The molecule has 1 aromatic carbocycles. The molecule has 1 heterocycles. The molecular formula is C16H20N4O2. The molecule has 0 radical (unpaired) electrons. The van der Waals surface area contributed by atoms with Crippen molar-refractivity contribution in [2.45, 2.75) is 34.6 Å². The van der Waals surface area contributed by atoms with Crippen LogP contribution < -0.4 is 10.9 Å². The number of rotatable bonds is 2. The first-order valence-corrected chi connectivity index (χ1v) is 6.97. The molecular weight excluding hydrogens is 280 g/mol. The van der Waals surface area contributed by atoms with Crippen LogP contribution in [0.4, 0.5) is 5.69 Å². The van der Waals surface area contributed by atoms with E-state index in [2.05, 4.69) is 5.10 Å². The first-order chi connectivity index (χ1) is 10.2. The van der Waals surface area contributed by atoms with Gasteiger partial charge in [0.2, 0.25) is 5.91 Å². The molecule has 6 nitrogen and oxygen atoms in total. The molecule has 0 aromatic heterocycles. The molecule has 2 rings (SSSR count). The van der Waals surface area contributed by atoms with E-state index < -0.39 is 0 Å². The lowest BCUT2D eigenvalue weighted by Crippen LogP contribution is -2.36. The fourth-order valence-corrected chi connectivity index (χ4v) is 2.53. The van der Waals surface area contributed by atoms with E-state index in [0.717, 1.165) is 16.1 Å². The molecule has 0 aliphatic carbocycles. The van der Waals surface area contributed by atoms with E-state index in [1.165, 1.54) is 11.9 Å². The van der Waals surface area contributed by atoms with Crippen LogP contribution in [0.15, 0.2) is 34.6 Å². The smallest absolute Gasteiger partial charge is 0.273 e. The molecule has 6 heteroatoms. The zero-order valence-corrected chi connectivity index (χ0v) is 13.5. The minimum Gasteiger partial charge on any atom is -0.273 e. The third-order valence-electron chi connectivity index (χ3n) is 3.53. The molecule has 0 spiro atoms. The lowest BCUT2D eigenvalue weighted by atomic mass is 10.1. The van der Waals surface area contributed by atoms with E-state index in [1.54, 1.807) is 13.8 Å². The van der Waals surface area contributed by atoms with Gasteiger partial charge >= 0.3 is 0 Å². The highest BCUT2D eigenvalue weighted by atomic mass is 16.2. The van der Waals surface area contributed by atoms with E-state index in [4.69, 9.17) is 5.84 Å². The van der Waals surface area contributed by atoms with Crippen molar-refractivity contribution in [3.05, 3.63) is 40.6 Å². The minimum atomic E-state index is -0.338. The summed E-state index contributed by atoms with van der Waals surface area (Å²) in [6.45, 7) is 8.64. The molecule has 1 aliphatic rings. The normalized spacial score (nSPS) is 16.7. The second-order valence-corrected chi connectivity index (χ2v) is 5.50. The number of carbonyl (C=O) groups is 2. The average molecular weight is 300 g/mol. The van der Waals surface area contributed by atoms with Gasteiger partial charge < -0.3 is 0 Å². The van der Waals surface area contributed by atoms with Gasteiger partial charge in [0, 0.05) is 12.6 Å². The van der Waals surface area contributed by atoms with Gasteiger partial charge in [0.25, 0.3) is 5.91 Å². The first kappa shape index (κ1) is 15.9. The lowest BCUT2D eigenvalue weighted by Gasteiger charge is -2.18. The summed E-state index contributed by atoms with van der Waals surface area (Å²) in [5.41, 5.74) is 4.10. The molecule has 0 atom stereocenters. The lowest BCUT2D eigenvalue weighted by molar-refractivity contribution is -0.127. The Morgan fingerprint density at radius 2 is 1.68 bits per heavy atom. The second-order valence-electron chi connectivity index (χ2n) is 5.50. The van der Waals surface area contributed by atoms with Crippen molar-refractivity contribution in [2.75, 3.05) is 5.01 Å². The fourth-order valence-electron chi connectivity index (χ4n) is 2.53. The van der Waals surface area contributed by atoms with Crippen LogP contribution >= 0.6 is 0 Å². The van der Waals surface area contributed by atoms with E-state index in [0.29, 0.717) is 22.7 Å². The monoisotopic (exact) mass is 300 g/mol. The van der Waals surface area contributed by atoms with Gasteiger partial charge in [-0.3, -0.25) is 14.6 Å². The van der Waals surface area contributed by atoms with Gasteiger partial charge in [0.15, 0.2) is 0 Å². The van der Waals surface area contributed by atoms with Crippen molar-refractivity contribution in [2.24, 2.45) is 10.9 Å². The van der Waals surface area contributed by atoms with Gasteiger partial charge in [-0.1, -0.05) is 6.07 Å². The highest BCUT2D eigenvalue weighted by molar-refractivity contribution is 6.30. The van der Waals surface area contributed by atoms with Crippen LogP contribution in [0.5, 0.6) is 0 Å². The third kappa shape index (κ3) is 2.78. The van der Waals surface area contributed by atoms with Crippen LogP contribution in [0.2, 0.25) is 0 Å². The number of hydrogen-bond acceptors (Lipinski definition) is 4. The molecule has 0 saturated heterocycles. The van der Waals surface area contributed by atoms with Crippen LogP contribution in [0, 0.1) is 13.8 Å². The van der Waals surface area contributed by atoms with E-state index in [-0.39, 0.29) is 11.8 Å². The van der Waals surface area contributed by atoms with Crippen molar-refractivity contribution < 1.29 is 9.59 Å². The maximum absolute atomic E-state index is 12.7. The predicted octanol–water partition coefficient (Wildman–Crippen LogP) is 2.02. The van der Waals surface area contributed by atoms with Gasteiger partial charge in [0.1, 0.15) is 0 Å². The van der Waals surface area contributed by atoms with Crippen LogP contribution in [-0.2, 0) is 9.59 Å². The topological polar surface area (TPSA) is 79.0 Å². The van der Waals surface area contributed by atoms with Crippen molar-refractivity contribution in [3.63, 3.8) is 0 Å². The Bertz CT molecular complexity index is 699. The number of nitrogens with two attached hydrogens (primary N) is 1. The summed E-state index contributed by atoms with van der Waals surface area (Å²) in [5.74, 6) is 5.08. The summed E-state index contributed by atoms with van der Waals surface area (Å²) >= 11 is 0. The van der Waals surface area contributed by atoms with Crippen LogP contribution in [-0.4, -0.2) is 22.5 Å². The highest BCUT2D eigenvalue weighted by Crippen LogP contribution is 2.27. The van der Waals surface area contributed by atoms with Crippen LogP contribution in [0.3, 0.4) is 0 Å². The predicted molar refractivity (Wildman–Crippen MR) is 85.9 cm³/mol. The molecule has 0 fully saturated rings. The molecule has 0 bridgehead atoms. The van der Waals surface area contributed by atoms with Gasteiger partial charge in [-0.25, -0.2) is 5.84 Å². The molecule has 0 unspecified atom stereocenters.